The van der Waals surface area contributed by atoms with Gasteiger partial charge in [-0.25, -0.2) is 4.79 Å². The lowest BCUT2D eigenvalue weighted by Gasteiger charge is -2.41. The van der Waals surface area contributed by atoms with Crippen LogP contribution in [0.1, 0.15) is 54.4 Å². The van der Waals surface area contributed by atoms with Crippen LogP contribution < -0.4 is 5.32 Å². The smallest absolute Gasteiger partial charge is 0.325 e. The standard InChI is InChI=1S/C27H35N5O4/c1-2-22-18-23(29-36-22)24(33)31-14-10-21(11-15-31)27(19-20-8-4-3-5-9-20)25(34)32(26(35)28-27)17-16-30-12-6-7-13-30/h3-5,8-9,18,21H,2,6-7,10-17,19H2,1H3,(H,28,35). The van der Waals surface area contributed by atoms with Gasteiger partial charge in [-0.3, -0.25) is 14.5 Å². The molecule has 3 aliphatic rings. The van der Waals surface area contributed by atoms with Crippen LogP contribution in [0.15, 0.2) is 40.9 Å². The molecule has 1 N–H and O–H groups in total. The van der Waals surface area contributed by atoms with Crippen LogP contribution in [0, 0.1) is 5.92 Å². The molecule has 3 fully saturated rings. The molecule has 1 unspecified atom stereocenters. The monoisotopic (exact) mass is 493 g/mol. The van der Waals surface area contributed by atoms with Gasteiger partial charge < -0.3 is 19.6 Å². The number of imide groups is 1. The lowest BCUT2D eigenvalue weighted by Crippen LogP contribution is -2.58. The fourth-order valence-corrected chi connectivity index (χ4v) is 5.87. The molecule has 0 spiro atoms. The second-order valence-corrected chi connectivity index (χ2v) is 10.2. The summed E-state index contributed by atoms with van der Waals surface area (Å²) in [5.74, 6) is 0.328. The third-order valence-electron chi connectivity index (χ3n) is 7.97. The first-order valence-corrected chi connectivity index (χ1v) is 13.2. The Balaban J connectivity index is 1.32. The predicted molar refractivity (Wildman–Crippen MR) is 133 cm³/mol. The molecular weight excluding hydrogens is 458 g/mol. The minimum atomic E-state index is -0.998. The van der Waals surface area contributed by atoms with E-state index in [0.717, 1.165) is 18.7 Å². The lowest BCUT2D eigenvalue weighted by atomic mass is 9.74. The highest BCUT2D eigenvalue weighted by Crippen LogP contribution is 2.37. The summed E-state index contributed by atoms with van der Waals surface area (Å²) in [7, 11) is 0. The number of aryl methyl sites for hydroxylation is 1. The minimum Gasteiger partial charge on any atom is -0.361 e. The van der Waals surface area contributed by atoms with Crippen LogP contribution in [0.25, 0.3) is 0 Å². The number of urea groups is 1. The van der Waals surface area contributed by atoms with Gasteiger partial charge in [-0.1, -0.05) is 42.4 Å². The Kier molecular flexibility index (Phi) is 7.09. The topological polar surface area (TPSA) is 99.0 Å². The van der Waals surface area contributed by atoms with E-state index in [2.05, 4.69) is 15.4 Å². The van der Waals surface area contributed by atoms with Gasteiger partial charge in [0.2, 0.25) is 0 Å². The molecule has 5 rings (SSSR count). The Morgan fingerprint density at radius 3 is 2.47 bits per heavy atom. The molecule has 1 aromatic heterocycles. The van der Waals surface area contributed by atoms with E-state index in [1.807, 2.05) is 37.3 Å². The second kappa shape index (κ2) is 10.4. The molecule has 4 amide bonds. The highest BCUT2D eigenvalue weighted by atomic mass is 16.5. The van der Waals surface area contributed by atoms with E-state index in [1.165, 1.54) is 17.7 Å². The summed E-state index contributed by atoms with van der Waals surface area (Å²) in [5.41, 5.74) is 0.338. The van der Waals surface area contributed by atoms with Gasteiger partial charge in [0.15, 0.2) is 5.69 Å². The predicted octanol–water partition coefficient (Wildman–Crippen LogP) is 2.72. The third kappa shape index (κ3) is 4.76. The van der Waals surface area contributed by atoms with E-state index in [1.54, 1.807) is 11.0 Å². The fraction of sp³-hybridized carbons (Fsp3) is 0.556. The van der Waals surface area contributed by atoms with Gasteiger partial charge in [-0.15, -0.1) is 0 Å². The van der Waals surface area contributed by atoms with E-state index >= 15 is 0 Å². The number of aromatic nitrogens is 1. The maximum atomic E-state index is 13.9. The van der Waals surface area contributed by atoms with Crippen molar-refractivity contribution >= 4 is 17.8 Å². The number of hydrogen-bond acceptors (Lipinski definition) is 6. The summed E-state index contributed by atoms with van der Waals surface area (Å²) in [6.07, 6.45) is 4.72. The minimum absolute atomic E-state index is 0.0708. The van der Waals surface area contributed by atoms with Gasteiger partial charge in [0.1, 0.15) is 11.3 Å². The molecule has 0 radical (unpaired) electrons. The first-order chi connectivity index (χ1) is 17.5. The summed E-state index contributed by atoms with van der Waals surface area (Å²) < 4.78 is 5.21. The first-order valence-electron chi connectivity index (χ1n) is 13.2. The Morgan fingerprint density at radius 1 is 1.08 bits per heavy atom. The van der Waals surface area contributed by atoms with Crippen LogP contribution in [0.5, 0.6) is 0 Å². The number of benzene rings is 1. The van der Waals surface area contributed by atoms with Crippen molar-refractivity contribution in [2.24, 2.45) is 5.92 Å². The summed E-state index contributed by atoms with van der Waals surface area (Å²) in [5, 5.41) is 7.06. The van der Waals surface area contributed by atoms with Crippen LogP contribution in [0.3, 0.4) is 0 Å². The number of piperidine rings is 1. The summed E-state index contributed by atoms with van der Waals surface area (Å²) in [6, 6.07) is 11.3. The van der Waals surface area contributed by atoms with Crippen molar-refractivity contribution in [2.75, 3.05) is 39.3 Å². The molecule has 2 aromatic rings. The molecule has 4 heterocycles. The van der Waals surface area contributed by atoms with Gasteiger partial charge in [-0.2, -0.15) is 0 Å². The molecule has 192 valence electrons. The number of hydrogen-bond donors (Lipinski definition) is 1. The number of rotatable bonds is 8. The molecular formula is C27H35N5O4. The molecule has 1 atom stereocenters. The number of likely N-dealkylation sites (tertiary alicyclic amines) is 2. The SMILES string of the molecule is CCc1cc(C(=O)N2CCC(C3(Cc4ccccc4)NC(=O)N(CCN4CCCC4)C3=O)CC2)no1. The zero-order valence-corrected chi connectivity index (χ0v) is 20.9. The van der Waals surface area contributed by atoms with E-state index in [9.17, 15) is 14.4 Å². The highest BCUT2D eigenvalue weighted by molar-refractivity contribution is 6.07. The van der Waals surface area contributed by atoms with Crippen molar-refractivity contribution in [3.8, 4) is 0 Å². The average molecular weight is 494 g/mol. The molecule has 0 aliphatic carbocycles. The zero-order chi connectivity index (χ0) is 25.1. The van der Waals surface area contributed by atoms with E-state index in [-0.39, 0.29) is 23.8 Å². The van der Waals surface area contributed by atoms with Gasteiger partial charge in [-0.05, 0) is 50.3 Å². The van der Waals surface area contributed by atoms with Crippen molar-refractivity contribution in [3.05, 3.63) is 53.4 Å². The number of amides is 4. The van der Waals surface area contributed by atoms with E-state index in [0.29, 0.717) is 63.3 Å². The van der Waals surface area contributed by atoms with Gasteiger partial charge >= 0.3 is 6.03 Å². The quantitative estimate of drug-likeness (QED) is 0.568. The summed E-state index contributed by atoms with van der Waals surface area (Å²) in [4.78, 5) is 45.5. The lowest BCUT2D eigenvalue weighted by molar-refractivity contribution is -0.134. The molecule has 36 heavy (non-hydrogen) atoms. The molecule has 0 bridgehead atoms. The number of nitrogens with zero attached hydrogens (tertiary/aromatic N) is 4. The largest absolute Gasteiger partial charge is 0.361 e. The third-order valence-corrected chi connectivity index (χ3v) is 7.97. The van der Waals surface area contributed by atoms with Crippen LogP contribution in [-0.4, -0.2) is 82.5 Å². The Labute approximate surface area is 211 Å². The average Bonchev–Trinajstić information content (AvgIpc) is 3.65. The second-order valence-electron chi connectivity index (χ2n) is 10.2. The molecule has 3 saturated heterocycles. The van der Waals surface area contributed by atoms with Gasteiger partial charge in [0, 0.05) is 45.1 Å². The number of carbonyl (C=O) groups excluding carboxylic acids is 3. The van der Waals surface area contributed by atoms with Crippen LogP contribution in [0.4, 0.5) is 4.79 Å². The molecule has 9 nitrogen and oxygen atoms in total. The first kappa shape index (κ1) is 24.5. The van der Waals surface area contributed by atoms with Crippen LogP contribution in [0.2, 0.25) is 0 Å². The molecule has 1 aromatic carbocycles. The van der Waals surface area contributed by atoms with E-state index < -0.39 is 5.54 Å². The van der Waals surface area contributed by atoms with E-state index in [4.69, 9.17) is 4.52 Å². The highest BCUT2D eigenvalue weighted by Gasteiger charge is 2.56. The van der Waals surface area contributed by atoms with Crippen molar-refractivity contribution in [1.82, 2.24) is 25.2 Å². The molecule has 9 heteroatoms. The summed E-state index contributed by atoms with van der Waals surface area (Å²) >= 11 is 0. The normalized spacial score (nSPS) is 23.5. The zero-order valence-electron chi connectivity index (χ0n) is 20.9. The van der Waals surface area contributed by atoms with Crippen LogP contribution >= 0.6 is 0 Å². The maximum Gasteiger partial charge on any atom is 0.325 e. The fourth-order valence-electron chi connectivity index (χ4n) is 5.87. The van der Waals surface area contributed by atoms with Crippen molar-refractivity contribution in [3.63, 3.8) is 0 Å². The van der Waals surface area contributed by atoms with Gasteiger partial charge in [0.25, 0.3) is 11.8 Å². The Bertz CT molecular complexity index is 1090. The maximum absolute atomic E-state index is 13.9. The Hall–Kier alpha value is -3.20. The summed E-state index contributed by atoms with van der Waals surface area (Å²) in [6.45, 7) is 6.13. The number of carbonyl (C=O) groups is 3. The molecule has 0 saturated carbocycles. The number of nitrogens with one attached hydrogen (secondary N) is 1. The molecule has 3 aliphatic heterocycles. The Morgan fingerprint density at radius 2 is 1.81 bits per heavy atom. The van der Waals surface area contributed by atoms with Crippen molar-refractivity contribution < 1.29 is 18.9 Å². The van der Waals surface area contributed by atoms with Crippen molar-refractivity contribution in [2.45, 2.75) is 51.0 Å². The van der Waals surface area contributed by atoms with Crippen LogP contribution in [-0.2, 0) is 17.6 Å². The van der Waals surface area contributed by atoms with Crippen molar-refractivity contribution in [1.29, 1.82) is 0 Å². The van der Waals surface area contributed by atoms with Gasteiger partial charge in [0.05, 0.1) is 0 Å².